The summed E-state index contributed by atoms with van der Waals surface area (Å²) < 4.78 is 0. The number of benzene rings is 1. The van der Waals surface area contributed by atoms with E-state index in [1.807, 2.05) is 18.2 Å². The van der Waals surface area contributed by atoms with Crippen LogP contribution in [0.1, 0.15) is 43.5 Å². The van der Waals surface area contributed by atoms with Gasteiger partial charge in [0.05, 0.1) is 16.4 Å². The number of thiazole rings is 1. The third-order valence-electron chi connectivity index (χ3n) is 4.10. The fourth-order valence-electron chi connectivity index (χ4n) is 2.55. The van der Waals surface area contributed by atoms with Crippen molar-refractivity contribution in [2.45, 2.75) is 45.1 Å². The molecule has 0 unspecified atom stereocenters. The number of aromatic nitrogens is 1. The second-order valence-electron chi connectivity index (χ2n) is 7.23. The quantitative estimate of drug-likeness (QED) is 0.839. The highest BCUT2D eigenvalue weighted by Gasteiger charge is 2.29. The molecule has 0 spiro atoms. The summed E-state index contributed by atoms with van der Waals surface area (Å²) in [5.74, 6) is -0.164. The maximum absolute atomic E-state index is 12.3. The Balaban J connectivity index is 1.48. The molecule has 1 aromatic heterocycles. The molecule has 0 radical (unpaired) electrons. The molecular formula is C19H22ClN3O2S. The van der Waals surface area contributed by atoms with Crippen molar-refractivity contribution in [2.75, 3.05) is 6.54 Å². The first-order valence-electron chi connectivity index (χ1n) is 8.55. The van der Waals surface area contributed by atoms with Crippen LogP contribution in [-0.4, -0.2) is 29.3 Å². The lowest BCUT2D eigenvalue weighted by Gasteiger charge is -2.14. The highest BCUT2D eigenvalue weighted by Crippen LogP contribution is 2.24. The Labute approximate surface area is 162 Å². The Bertz CT molecular complexity index is 826. The number of hydrogen-bond acceptors (Lipinski definition) is 5. The molecule has 0 bridgehead atoms. The Morgan fingerprint density at radius 1 is 1.38 bits per heavy atom. The third-order valence-corrected chi connectivity index (χ3v) is 5.34. The smallest absolute Gasteiger partial charge is 0.264 e. The third kappa shape index (κ3) is 4.43. The first-order chi connectivity index (χ1) is 12.3. The minimum Gasteiger partial charge on any atom is -0.382 e. The number of hydrogen-bond donors (Lipinski definition) is 1. The molecule has 1 aromatic carbocycles. The van der Waals surface area contributed by atoms with Crippen LogP contribution in [0.15, 0.2) is 34.8 Å². The second kappa shape index (κ2) is 7.76. The number of carbonyl (C=O) groups is 1. The lowest BCUT2D eigenvalue weighted by atomic mass is 9.93. The normalized spacial score (nSPS) is 16.9. The van der Waals surface area contributed by atoms with Gasteiger partial charge in [0.25, 0.3) is 5.91 Å². The van der Waals surface area contributed by atoms with E-state index < -0.39 is 6.10 Å². The minimum absolute atomic E-state index is 0.0438. The Morgan fingerprint density at radius 3 is 2.85 bits per heavy atom. The number of halogens is 1. The molecule has 0 fully saturated rings. The minimum atomic E-state index is -0.609. The zero-order chi connectivity index (χ0) is 18.7. The molecule has 0 saturated heterocycles. The molecule has 138 valence electrons. The number of nitrogens with zero attached hydrogens (tertiary/aromatic N) is 2. The molecule has 1 aliphatic heterocycles. The van der Waals surface area contributed by atoms with Crippen LogP contribution in [0.5, 0.6) is 0 Å². The molecule has 1 N–H and O–H groups in total. The van der Waals surface area contributed by atoms with Gasteiger partial charge in [0.2, 0.25) is 6.10 Å². The summed E-state index contributed by atoms with van der Waals surface area (Å²) in [4.78, 5) is 22.2. The van der Waals surface area contributed by atoms with Crippen molar-refractivity contribution in [1.82, 2.24) is 10.3 Å². The molecule has 7 heteroatoms. The van der Waals surface area contributed by atoms with E-state index in [0.29, 0.717) is 30.1 Å². The summed E-state index contributed by atoms with van der Waals surface area (Å²) in [5.41, 5.74) is 2.63. The summed E-state index contributed by atoms with van der Waals surface area (Å²) in [6, 6.07) is 7.42. The summed E-state index contributed by atoms with van der Waals surface area (Å²) in [7, 11) is 0. The monoisotopic (exact) mass is 391 g/mol. The van der Waals surface area contributed by atoms with E-state index in [1.165, 1.54) is 0 Å². The summed E-state index contributed by atoms with van der Waals surface area (Å²) in [5, 5.41) is 10.6. The Hall–Kier alpha value is -1.92. The fraction of sp³-hybridized carbons (Fsp3) is 0.421. The molecule has 3 rings (SSSR count). The summed E-state index contributed by atoms with van der Waals surface area (Å²) >= 11 is 7.80. The molecule has 1 atom stereocenters. The predicted molar refractivity (Wildman–Crippen MR) is 105 cm³/mol. The number of oxime groups is 1. The maximum atomic E-state index is 12.3. The molecule has 0 saturated carbocycles. The standard InChI is InChI=1S/C19H22ClN3O2S/c1-19(2,3)16-11-26-17(22-16)8-9-21-18(24)15-10-14(23-25-15)12-6-4-5-7-13(12)20/h4-7,11,15H,8-10H2,1-3H3,(H,21,24)/t15-/m1/s1. The first-order valence-corrected chi connectivity index (χ1v) is 9.80. The second-order valence-corrected chi connectivity index (χ2v) is 8.58. The average molecular weight is 392 g/mol. The SMILES string of the molecule is CC(C)(C)c1csc(CCNC(=O)[C@H]2CC(c3ccccc3Cl)=NO2)n1. The molecule has 1 amide bonds. The molecule has 0 aliphatic carbocycles. The lowest BCUT2D eigenvalue weighted by Crippen LogP contribution is -2.36. The molecule has 5 nitrogen and oxygen atoms in total. The van der Waals surface area contributed by atoms with Crippen LogP contribution >= 0.6 is 22.9 Å². The lowest BCUT2D eigenvalue weighted by molar-refractivity contribution is -0.131. The van der Waals surface area contributed by atoms with Crippen molar-refractivity contribution >= 4 is 34.6 Å². The van der Waals surface area contributed by atoms with Gasteiger partial charge in [-0.3, -0.25) is 4.79 Å². The van der Waals surface area contributed by atoms with Crippen molar-refractivity contribution in [3.8, 4) is 0 Å². The van der Waals surface area contributed by atoms with E-state index in [4.69, 9.17) is 16.4 Å². The number of rotatable bonds is 5. The Morgan fingerprint density at radius 2 is 2.15 bits per heavy atom. The molecule has 1 aliphatic rings. The molecule has 2 aromatic rings. The summed E-state index contributed by atoms with van der Waals surface area (Å²) in [6.45, 7) is 6.95. The van der Waals surface area contributed by atoms with E-state index in [0.717, 1.165) is 16.3 Å². The predicted octanol–water partition coefficient (Wildman–Crippen LogP) is 3.95. The van der Waals surface area contributed by atoms with E-state index in [2.05, 4.69) is 41.6 Å². The average Bonchev–Trinajstić information content (AvgIpc) is 3.24. The van der Waals surface area contributed by atoms with Crippen molar-refractivity contribution in [3.63, 3.8) is 0 Å². The van der Waals surface area contributed by atoms with Crippen LogP contribution in [0.4, 0.5) is 0 Å². The van der Waals surface area contributed by atoms with Gasteiger partial charge < -0.3 is 10.2 Å². The van der Waals surface area contributed by atoms with Gasteiger partial charge in [-0.05, 0) is 6.07 Å². The van der Waals surface area contributed by atoms with Gasteiger partial charge in [0.1, 0.15) is 0 Å². The molecule has 2 heterocycles. The van der Waals surface area contributed by atoms with E-state index >= 15 is 0 Å². The van der Waals surface area contributed by atoms with Gasteiger partial charge in [0, 0.05) is 40.8 Å². The first kappa shape index (κ1) is 18.9. The van der Waals surface area contributed by atoms with Crippen molar-refractivity contribution in [2.24, 2.45) is 5.16 Å². The maximum Gasteiger partial charge on any atom is 0.264 e. The van der Waals surface area contributed by atoms with Gasteiger partial charge in [-0.15, -0.1) is 11.3 Å². The van der Waals surface area contributed by atoms with Crippen LogP contribution in [0, 0.1) is 0 Å². The fourth-order valence-corrected chi connectivity index (χ4v) is 3.82. The summed E-state index contributed by atoms with van der Waals surface area (Å²) in [6.07, 6.45) is 0.515. The topological polar surface area (TPSA) is 63.6 Å². The van der Waals surface area contributed by atoms with E-state index in [9.17, 15) is 4.79 Å². The molecule has 26 heavy (non-hydrogen) atoms. The van der Waals surface area contributed by atoms with Crippen LogP contribution in [0.3, 0.4) is 0 Å². The zero-order valence-electron chi connectivity index (χ0n) is 15.1. The van der Waals surface area contributed by atoms with Gasteiger partial charge >= 0.3 is 0 Å². The van der Waals surface area contributed by atoms with Gasteiger partial charge in [-0.2, -0.15) is 0 Å². The van der Waals surface area contributed by atoms with E-state index in [1.54, 1.807) is 17.4 Å². The Kier molecular flexibility index (Phi) is 5.63. The van der Waals surface area contributed by atoms with Gasteiger partial charge in [0.15, 0.2) is 0 Å². The van der Waals surface area contributed by atoms with Gasteiger partial charge in [-0.1, -0.05) is 55.7 Å². The molecular weight excluding hydrogens is 370 g/mol. The number of nitrogens with one attached hydrogen (secondary N) is 1. The highest BCUT2D eigenvalue weighted by molar-refractivity contribution is 7.09. The van der Waals surface area contributed by atoms with E-state index in [-0.39, 0.29) is 11.3 Å². The van der Waals surface area contributed by atoms with Crippen LogP contribution in [-0.2, 0) is 21.5 Å². The largest absolute Gasteiger partial charge is 0.382 e. The van der Waals surface area contributed by atoms with Crippen molar-refractivity contribution in [3.05, 3.63) is 50.9 Å². The van der Waals surface area contributed by atoms with Crippen LogP contribution in [0.25, 0.3) is 0 Å². The number of carbonyl (C=O) groups excluding carboxylic acids is 1. The number of amides is 1. The van der Waals surface area contributed by atoms with Gasteiger partial charge in [-0.25, -0.2) is 4.98 Å². The van der Waals surface area contributed by atoms with Crippen molar-refractivity contribution < 1.29 is 9.63 Å². The van der Waals surface area contributed by atoms with Crippen LogP contribution < -0.4 is 5.32 Å². The highest BCUT2D eigenvalue weighted by atomic mass is 35.5. The van der Waals surface area contributed by atoms with Crippen molar-refractivity contribution in [1.29, 1.82) is 0 Å². The van der Waals surface area contributed by atoms with Crippen LogP contribution in [0.2, 0.25) is 5.02 Å². The zero-order valence-corrected chi connectivity index (χ0v) is 16.7.